The average molecular weight is 279 g/mol. The van der Waals surface area contributed by atoms with Crippen molar-refractivity contribution < 1.29 is 19.1 Å². The molecule has 1 heterocycles. The third kappa shape index (κ3) is 4.74. The number of carbonyl (C=O) groups is 2. The molecule has 0 N–H and O–H groups in total. The predicted octanol–water partition coefficient (Wildman–Crippen LogP) is 1.80. The van der Waals surface area contributed by atoms with Gasteiger partial charge in [-0.15, -0.1) is 0 Å². The van der Waals surface area contributed by atoms with Crippen LogP contribution >= 0.6 is 0 Å². The van der Waals surface area contributed by atoms with E-state index in [1.165, 1.54) is 0 Å². The maximum absolute atomic E-state index is 12.0. The monoisotopic (exact) mass is 279 g/mol. The maximum atomic E-state index is 12.0. The lowest BCUT2D eigenvalue weighted by atomic mass is 9.88. The molecule has 110 valence electrons. The van der Waals surface area contributed by atoms with E-state index < -0.39 is 11.4 Å². The third-order valence-corrected chi connectivity index (χ3v) is 2.94. The van der Waals surface area contributed by atoms with Gasteiger partial charge in [0.05, 0.1) is 13.2 Å². The van der Waals surface area contributed by atoms with Crippen LogP contribution in [0.15, 0.2) is 24.4 Å². The predicted molar refractivity (Wildman–Crippen MR) is 74.2 cm³/mol. The summed E-state index contributed by atoms with van der Waals surface area (Å²) in [5.74, 6) is -0.796. The number of ketones is 1. The number of aromatic nitrogens is 1. The first kappa shape index (κ1) is 16.3. The topological polar surface area (TPSA) is 65.5 Å². The number of pyridine rings is 1. The molecular formula is C15H21NO4. The second-order valence-corrected chi connectivity index (χ2v) is 4.89. The molecule has 0 fully saturated rings. The van der Waals surface area contributed by atoms with Gasteiger partial charge in [-0.3, -0.25) is 14.6 Å². The van der Waals surface area contributed by atoms with Crippen molar-refractivity contribution in [3.05, 3.63) is 30.1 Å². The van der Waals surface area contributed by atoms with E-state index >= 15 is 0 Å². The summed E-state index contributed by atoms with van der Waals surface area (Å²) in [6.07, 6.45) is 2.35. The molecule has 0 aromatic carbocycles. The van der Waals surface area contributed by atoms with Crippen LogP contribution in [0.25, 0.3) is 0 Å². The minimum atomic E-state index is -1.17. The summed E-state index contributed by atoms with van der Waals surface area (Å²) in [7, 11) is 0. The molecule has 5 heteroatoms. The van der Waals surface area contributed by atoms with Crippen molar-refractivity contribution in [2.45, 2.75) is 27.2 Å². The lowest BCUT2D eigenvalue weighted by Gasteiger charge is -2.20. The summed E-state index contributed by atoms with van der Waals surface area (Å²) in [6, 6.07) is 5.64. The summed E-state index contributed by atoms with van der Waals surface area (Å²) in [5.41, 5.74) is -0.259. The first-order chi connectivity index (χ1) is 9.48. The summed E-state index contributed by atoms with van der Waals surface area (Å²) >= 11 is 0. The van der Waals surface area contributed by atoms with Crippen molar-refractivity contribution in [3.8, 4) is 0 Å². The van der Waals surface area contributed by atoms with Crippen LogP contribution in [-0.4, -0.2) is 36.6 Å². The molecule has 0 aliphatic heterocycles. The van der Waals surface area contributed by atoms with Crippen LogP contribution in [0.4, 0.5) is 0 Å². The minimum Gasteiger partial charge on any atom is -0.465 e. The zero-order valence-electron chi connectivity index (χ0n) is 12.2. The first-order valence-corrected chi connectivity index (χ1v) is 6.66. The zero-order chi connectivity index (χ0) is 15.0. The highest BCUT2D eigenvalue weighted by atomic mass is 16.5. The van der Waals surface area contributed by atoms with E-state index in [0.29, 0.717) is 13.0 Å². The number of hydrogen-bond acceptors (Lipinski definition) is 5. The van der Waals surface area contributed by atoms with Crippen LogP contribution in [0.5, 0.6) is 0 Å². The molecule has 20 heavy (non-hydrogen) atoms. The van der Waals surface area contributed by atoms with E-state index in [-0.39, 0.29) is 19.0 Å². The average Bonchev–Trinajstić information content (AvgIpc) is 2.44. The number of carbonyl (C=O) groups excluding carboxylic acids is 2. The number of Topliss-reactive ketones (excluding diaryl/α,β-unsaturated/α-hetero) is 1. The molecule has 0 saturated heterocycles. The Morgan fingerprint density at radius 1 is 1.30 bits per heavy atom. The Morgan fingerprint density at radius 2 is 2.05 bits per heavy atom. The summed E-state index contributed by atoms with van der Waals surface area (Å²) in [6.45, 7) is 5.36. The summed E-state index contributed by atoms with van der Waals surface area (Å²) < 4.78 is 10.2. The lowest BCUT2D eigenvalue weighted by molar-refractivity contribution is -0.159. The maximum Gasteiger partial charge on any atom is 0.319 e. The molecule has 0 radical (unpaired) electrons. The number of esters is 1. The van der Waals surface area contributed by atoms with Crippen molar-refractivity contribution in [3.63, 3.8) is 0 Å². The van der Waals surface area contributed by atoms with Crippen molar-refractivity contribution in [2.75, 3.05) is 19.8 Å². The van der Waals surface area contributed by atoms with Crippen molar-refractivity contribution >= 4 is 11.8 Å². The molecule has 0 spiro atoms. The van der Waals surface area contributed by atoms with E-state index in [1.807, 2.05) is 18.2 Å². The van der Waals surface area contributed by atoms with Crippen LogP contribution in [-0.2, 0) is 25.5 Å². The molecule has 0 atom stereocenters. The summed E-state index contributed by atoms with van der Waals surface area (Å²) in [5, 5.41) is 0. The van der Waals surface area contributed by atoms with Crippen LogP contribution in [0.1, 0.15) is 26.5 Å². The van der Waals surface area contributed by atoms with Gasteiger partial charge in [0, 0.05) is 18.3 Å². The van der Waals surface area contributed by atoms with Crippen LogP contribution in [0.2, 0.25) is 0 Å². The Hall–Kier alpha value is -1.75. The van der Waals surface area contributed by atoms with Gasteiger partial charge >= 0.3 is 5.97 Å². The van der Waals surface area contributed by atoms with E-state index in [9.17, 15) is 9.59 Å². The number of nitrogens with zero attached hydrogens (tertiary/aromatic N) is 1. The second-order valence-electron chi connectivity index (χ2n) is 4.89. The van der Waals surface area contributed by atoms with Gasteiger partial charge in [-0.2, -0.15) is 0 Å². The van der Waals surface area contributed by atoms with Crippen LogP contribution in [0, 0.1) is 5.41 Å². The molecule has 0 aliphatic rings. The Balaban J connectivity index is 2.34. The van der Waals surface area contributed by atoms with Crippen LogP contribution in [0.3, 0.4) is 0 Å². The molecule has 0 amide bonds. The van der Waals surface area contributed by atoms with Gasteiger partial charge in [-0.05, 0) is 32.9 Å². The van der Waals surface area contributed by atoms with E-state index in [4.69, 9.17) is 9.47 Å². The van der Waals surface area contributed by atoms with E-state index in [2.05, 4.69) is 4.98 Å². The van der Waals surface area contributed by atoms with Crippen molar-refractivity contribution in [2.24, 2.45) is 5.41 Å². The quantitative estimate of drug-likeness (QED) is 0.412. The lowest BCUT2D eigenvalue weighted by Crippen LogP contribution is -2.37. The van der Waals surface area contributed by atoms with Crippen molar-refractivity contribution in [1.29, 1.82) is 0 Å². The Bertz CT molecular complexity index is 442. The van der Waals surface area contributed by atoms with Crippen molar-refractivity contribution in [1.82, 2.24) is 4.98 Å². The van der Waals surface area contributed by atoms with Gasteiger partial charge in [0.1, 0.15) is 12.0 Å². The largest absolute Gasteiger partial charge is 0.465 e. The highest BCUT2D eigenvalue weighted by Crippen LogP contribution is 2.19. The smallest absolute Gasteiger partial charge is 0.319 e. The zero-order valence-corrected chi connectivity index (χ0v) is 12.2. The Morgan fingerprint density at radius 3 is 2.65 bits per heavy atom. The number of ether oxygens (including phenoxy) is 2. The normalized spacial score (nSPS) is 11.2. The molecule has 0 bridgehead atoms. The molecule has 0 saturated carbocycles. The highest BCUT2D eigenvalue weighted by Gasteiger charge is 2.37. The fraction of sp³-hybridized carbons (Fsp3) is 0.533. The van der Waals surface area contributed by atoms with Gasteiger partial charge < -0.3 is 9.47 Å². The SMILES string of the molecule is CCOC(=O)C(C)(C)C(=O)COCCc1ccccn1. The van der Waals surface area contributed by atoms with Gasteiger partial charge in [-0.25, -0.2) is 0 Å². The fourth-order valence-electron chi connectivity index (χ4n) is 1.49. The van der Waals surface area contributed by atoms with Gasteiger partial charge in [0.15, 0.2) is 5.78 Å². The molecule has 0 aliphatic carbocycles. The minimum absolute atomic E-state index is 0.0986. The van der Waals surface area contributed by atoms with Gasteiger partial charge in [-0.1, -0.05) is 6.07 Å². The standard InChI is InChI=1S/C15H21NO4/c1-4-20-14(18)15(2,3)13(17)11-19-10-8-12-7-5-6-9-16-12/h5-7,9H,4,8,10-11H2,1-3H3. The Labute approximate surface area is 119 Å². The number of rotatable bonds is 8. The Kier molecular flexibility index (Phi) is 6.31. The van der Waals surface area contributed by atoms with E-state index in [0.717, 1.165) is 5.69 Å². The van der Waals surface area contributed by atoms with E-state index in [1.54, 1.807) is 27.0 Å². The second kappa shape index (κ2) is 7.75. The molecular weight excluding hydrogens is 258 g/mol. The first-order valence-electron chi connectivity index (χ1n) is 6.66. The highest BCUT2D eigenvalue weighted by molar-refractivity contribution is 6.03. The van der Waals surface area contributed by atoms with Crippen LogP contribution < -0.4 is 0 Å². The fourth-order valence-corrected chi connectivity index (χ4v) is 1.49. The number of hydrogen-bond donors (Lipinski definition) is 0. The van der Waals surface area contributed by atoms with Gasteiger partial charge in [0.25, 0.3) is 0 Å². The molecule has 1 rings (SSSR count). The van der Waals surface area contributed by atoms with Gasteiger partial charge in [0.2, 0.25) is 0 Å². The summed E-state index contributed by atoms with van der Waals surface area (Å²) in [4.78, 5) is 27.8. The molecule has 1 aromatic heterocycles. The third-order valence-electron chi connectivity index (χ3n) is 2.94. The molecule has 0 unspecified atom stereocenters. The molecule has 5 nitrogen and oxygen atoms in total. The molecule has 1 aromatic rings.